The fourth-order valence-electron chi connectivity index (χ4n) is 3.34. The van der Waals surface area contributed by atoms with E-state index in [1.54, 1.807) is 24.3 Å². The third kappa shape index (κ3) is 3.98. The molecule has 2 heterocycles. The second-order valence-electron chi connectivity index (χ2n) is 6.59. The molecular weight excluding hydrogens is 350 g/mol. The molecule has 1 N–H and O–H groups in total. The first-order valence-electron chi connectivity index (χ1n) is 9.12. The number of aromatic nitrogens is 2. The van der Waals surface area contributed by atoms with Crippen LogP contribution in [-0.2, 0) is 28.9 Å². The first-order valence-corrected chi connectivity index (χ1v) is 9.93. The number of amides is 1. The summed E-state index contributed by atoms with van der Waals surface area (Å²) in [7, 11) is 0. The van der Waals surface area contributed by atoms with Gasteiger partial charge in [0.25, 0.3) is 0 Å². The van der Waals surface area contributed by atoms with E-state index in [0.29, 0.717) is 17.3 Å². The number of hydrogen-bond acceptors (Lipinski definition) is 5. The largest absolute Gasteiger partial charge is 0.462 e. The van der Waals surface area contributed by atoms with Gasteiger partial charge in [0.15, 0.2) is 5.13 Å². The Labute approximate surface area is 157 Å². The molecule has 140 valence electrons. The van der Waals surface area contributed by atoms with Crippen molar-refractivity contribution in [1.29, 1.82) is 0 Å². The van der Waals surface area contributed by atoms with Crippen LogP contribution < -0.4 is 5.32 Å². The van der Waals surface area contributed by atoms with Crippen molar-refractivity contribution in [2.75, 3.05) is 11.9 Å². The van der Waals surface area contributed by atoms with E-state index in [2.05, 4.69) is 10.3 Å². The number of hydrogen-bond donors (Lipinski definition) is 1. The number of esters is 1. The maximum absolute atomic E-state index is 12.5. The predicted octanol–water partition coefficient (Wildman–Crippen LogP) is 3.65. The molecule has 0 saturated carbocycles. The summed E-state index contributed by atoms with van der Waals surface area (Å²) in [4.78, 5) is 30.4. The lowest BCUT2D eigenvalue weighted by Crippen LogP contribution is -2.20. The van der Waals surface area contributed by atoms with E-state index < -0.39 is 0 Å². The van der Waals surface area contributed by atoms with Gasteiger partial charge in [0.05, 0.1) is 17.9 Å². The molecule has 2 aromatic rings. The number of fused-ring (bicyclic) bond motifs is 1. The molecule has 0 spiro atoms. The van der Waals surface area contributed by atoms with Crippen molar-refractivity contribution in [2.45, 2.75) is 59.4 Å². The molecule has 0 fully saturated rings. The fraction of sp³-hybridized carbons (Fsp3) is 0.526. The molecular formula is C19H25N3O3S. The Morgan fingerprint density at radius 1 is 1.27 bits per heavy atom. The summed E-state index contributed by atoms with van der Waals surface area (Å²) in [5.41, 5.74) is 3.25. The first-order chi connectivity index (χ1) is 12.5. The van der Waals surface area contributed by atoms with Crippen molar-refractivity contribution in [2.24, 2.45) is 0 Å². The third-order valence-corrected chi connectivity index (χ3v) is 5.79. The van der Waals surface area contributed by atoms with Crippen molar-refractivity contribution in [1.82, 2.24) is 9.55 Å². The summed E-state index contributed by atoms with van der Waals surface area (Å²) < 4.78 is 6.91. The summed E-state index contributed by atoms with van der Waals surface area (Å²) in [6.45, 7) is 5.98. The van der Waals surface area contributed by atoms with Gasteiger partial charge in [-0.25, -0.2) is 9.78 Å². The maximum atomic E-state index is 12.5. The van der Waals surface area contributed by atoms with Gasteiger partial charge in [-0.05, 0) is 52.5 Å². The Bertz CT molecular complexity index is 799. The van der Waals surface area contributed by atoms with Crippen LogP contribution in [0.1, 0.15) is 58.5 Å². The van der Waals surface area contributed by atoms with Gasteiger partial charge in [-0.2, -0.15) is 0 Å². The van der Waals surface area contributed by atoms with Crippen LogP contribution in [0.25, 0.3) is 0 Å². The molecule has 0 unspecified atom stereocenters. The Hall–Kier alpha value is -2.15. The van der Waals surface area contributed by atoms with Gasteiger partial charge in [-0.3, -0.25) is 4.79 Å². The lowest BCUT2D eigenvalue weighted by molar-refractivity contribution is -0.116. The highest BCUT2D eigenvalue weighted by molar-refractivity contribution is 7.15. The highest BCUT2D eigenvalue weighted by Gasteiger charge is 2.19. The van der Waals surface area contributed by atoms with Crippen LogP contribution in [0.2, 0.25) is 0 Å². The van der Waals surface area contributed by atoms with Crippen LogP contribution in [0.15, 0.2) is 6.07 Å². The molecule has 0 radical (unpaired) electrons. The second-order valence-corrected chi connectivity index (χ2v) is 7.67. The molecule has 6 nitrogen and oxygen atoms in total. The molecule has 0 atom stereocenters. The highest BCUT2D eigenvalue weighted by Crippen LogP contribution is 2.29. The van der Waals surface area contributed by atoms with E-state index in [4.69, 9.17) is 4.74 Å². The summed E-state index contributed by atoms with van der Waals surface area (Å²) in [6.07, 6.45) is 5.67. The zero-order valence-electron chi connectivity index (χ0n) is 15.6. The van der Waals surface area contributed by atoms with Crippen molar-refractivity contribution < 1.29 is 14.3 Å². The molecule has 0 bridgehead atoms. The Morgan fingerprint density at radius 2 is 2.04 bits per heavy atom. The monoisotopic (exact) mass is 375 g/mol. The molecule has 0 aromatic carbocycles. The van der Waals surface area contributed by atoms with E-state index >= 15 is 0 Å². The minimum Gasteiger partial charge on any atom is -0.462 e. The zero-order valence-corrected chi connectivity index (χ0v) is 16.4. The Morgan fingerprint density at radius 3 is 2.81 bits per heavy atom. The quantitative estimate of drug-likeness (QED) is 0.639. The van der Waals surface area contributed by atoms with E-state index in [1.807, 2.05) is 18.4 Å². The predicted molar refractivity (Wildman–Crippen MR) is 102 cm³/mol. The topological polar surface area (TPSA) is 73.2 Å². The number of carbonyl (C=O) groups excluding carboxylic acids is 2. The Kier molecular flexibility index (Phi) is 5.76. The van der Waals surface area contributed by atoms with Crippen molar-refractivity contribution in [3.8, 4) is 0 Å². The normalized spacial score (nSPS) is 13.8. The SMILES string of the molecule is CCOC(=O)c1cc(C)n(CC(=O)Nc2nc3c(s2)CCCCC3)c1C. The number of anilines is 1. The van der Waals surface area contributed by atoms with E-state index in [9.17, 15) is 9.59 Å². The van der Waals surface area contributed by atoms with E-state index in [1.165, 1.54) is 24.1 Å². The smallest absolute Gasteiger partial charge is 0.339 e. The molecule has 0 saturated heterocycles. The minimum absolute atomic E-state index is 0.133. The summed E-state index contributed by atoms with van der Waals surface area (Å²) in [6, 6.07) is 1.77. The molecule has 1 aliphatic carbocycles. The number of nitrogens with zero attached hydrogens (tertiary/aromatic N) is 2. The Balaban J connectivity index is 1.70. The van der Waals surface area contributed by atoms with Crippen molar-refractivity contribution in [3.63, 3.8) is 0 Å². The molecule has 2 aromatic heterocycles. The van der Waals surface area contributed by atoms with Gasteiger partial charge < -0.3 is 14.6 Å². The van der Waals surface area contributed by atoms with Crippen LogP contribution in [0, 0.1) is 13.8 Å². The van der Waals surface area contributed by atoms with Gasteiger partial charge in [0, 0.05) is 16.3 Å². The van der Waals surface area contributed by atoms with Crippen LogP contribution in [0.4, 0.5) is 5.13 Å². The van der Waals surface area contributed by atoms with Crippen LogP contribution >= 0.6 is 11.3 Å². The first kappa shape index (κ1) is 18.6. The van der Waals surface area contributed by atoms with Gasteiger partial charge in [-0.1, -0.05) is 6.42 Å². The average molecular weight is 375 g/mol. The number of ether oxygens (including phenoxy) is 1. The highest BCUT2D eigenvalue weighted by atomic mass is 32.1. The number of thiazole rings is 1. The molecule has 1 amide bonds. The lowest BCUT2D eigenvalue weighted by atomic mass is 10.2. The average Bonchev–Trinajstić information content (AvgIpc) is 3.01. The van der Waals surface area contributed by atoms with Gasteiger partial charge >= 0.3 is 5.97 Å². The molecule has 1 aliphatic rings. The van der Waals surface area contributed by atoms with E-state index in [0.717, 1.165) is 29.9 Å². The summed E-state index contributed by atoms with van der Waals surface area (Å²) in [5.74, 6) is -0.484. The summed E-state index contributed by atoms with van der Waals surface area (Å²) >= 11 is 1.59. The maximum Gasteiger partial charge on any atom is 0.339 e. The van der Waals surface area contributed by atoms with Gasteiger partial charge in [0.2, 0.25) is 5.91 Å². The van der Waals surface area contributed by atoms with Crippen molar-refractivity contribution in [3.05, 3.63) is 33.6 Å². The van der Waals surface area contributed by atoms with Crippen LogP contribution in [-0.4, -0.2) is 28.0 Å². The standard InChI is InChI=1S/C19H25N3O3S/c1-4-25-18(24)14-10-12(2)22(13(14)3)11-17(23)21-19-20-15-8-6-5-7-9-16(15)26-19/h10H,4-9,11H2,1-3H3,(H,20,21,23). The number of rotatable bonds is 5. The van der Waals surface area contributed by atoms with Gasteiger partial charge in [-0.15, -0.1) is 11.3 Å². The molecule has 0 aliphatic heterocycles. The van der Waals surface area contributed by atoms with Gasteiger partial charge in [0.1, 0.15) is 6.54 Å². The number of aryl methyl sites for hydroxylation is 3. The van der Waals surface area contributed by atoms with Crippen molar-refractivity contribution >= 4 is 28.3 Å². The molecule has 7 heteroatoms. The molecule has 3 rings (SSSR count). The lowest BCUT2D eigenvalue weighted by Gasteiger charge is -2.09. The van der Waals surface area contributed by atoms with E-state index in [-0.39, 0.29) is 18.4 Å². The second kappa shape index (κ2) is 8.03. The third-order valence-electron chi connectivity index (χ3n) is 4.71. The van der Waals surface area contributed by atoms with Crippen LogP contribution in [0.5, 0.6) is 0 Å². The minimum atomic E-state index is -0.351. The number of nitrogens with one attached hydrogen (secondary N) is 1. The number of carbonyl (C=O) groups is 2. The fourth-order valence-corrected chi connectivity index (χ4v) is 4.41. The molecule has 26 heavy (non-hydrogen) atoms. The van der Waals surface area contributed by atoms with Crippen LogP contribution in [0.3, 0.4) is 0 Å². The summed E-state index contributed by atoms with van der Waals surface area (Å²) in [5, 5.41) is 3.59. The zero-order chi connectivity index (χ0) is 18.7.